The number of nitrogens with zero attached hydrogens (tertiary/aromatic N) is 3. The van der Waals surface area contributed by atoms with E-state index in [1.807, 2.05) is 12.1 Å². The second-order valence-corrected chi connectivity index (χ2v) is 5.88. The van der Waals surface area contributed by atoms with Crippen molar-refractivity contribution in [3.8, 4) is 0 Å². The summed E-state index contributed by atoms with van der Waals surface area (Å²) >= 11 is 0. The molecular weight excluding hydrogens is 294 g/mol. The van der Waals surface area contributed by atoms with Crippen LogP contribution in [0.25, 0.3) is 6.08 Å². The highest BCUT2D eigenvalue weighted by Gasteiger charge is 2.22. The number of pyridine rings is 1. The van der Waals surface area contributed by atoms with Crippen molar-refractivity contribution in [1.29, 1.82) is 0 Å². The Labute approximate surface area is 136 Å². The molecule has 0 saturated carbocycles. The monoisotopic (exact) mass is 317 g/mol. The van der Waals surface area contributed by atoms with Crippen LogP contribution in [0.1, 0.15) is 24.8 Å². The molecule has 2 heterocycles. The Morgan fingerprint density at radius 2 is 2.00 bits per heavy atom. The van der Waals surface area contributed by atoms with Gasteiger partial charge in [0.15, 0.2) is 0 Å². The molecule has 23 heavy (non-hydrogen) atoms. The molecule has 6 nitrogen and oxygen atoms in total. The van der Waals surface area contributed by atoms with E-state index in [0.717, 1.165) is 24.8 Å². The Morgan fingerprint density at radius 1 is 1.35 bits per heavy atom. The van der Waals surface area contributed by atoms with Crippen molar-refractivity contribution in [2.75, 3.05) is 26.7 Å². The smallest absolute Gasteiger partial charge is 0.407 e. The fourth-order valence-corrected chi connectivity index (χ4v) is 2.67. The molecule has 2 amide bonds. The fourth-order valence-electron chi connectivity index (χ4n) is 2.67. The van der Waals surface area contributed by atoms with Crippen molar-refractivity contribution in [3.63, 3.8) is 0 Å². The first-order valence-electron chi connectivity index (χ1n) is 7.87. The van der Waals surface area contributed by atoms with Crippen LogP contribution in [0.2, 0.25) is 0 Å². The van der Waals surface area contributed by atoms with Crippen molar-refractivity contribution >= 4 is 18.1 Å². The van der Waals surface area contributed by atoms with Crippen LogP contribution >= 0.6 is 0 Å². The van der Waals surface area contributed by atoms with Crippen molar-refractivity contribution in [2.45, 2.75) is 19.3 Å². The quantitative estimate of drug-likeness (QED) is 0.846. The molecule has 1 aliphatic heterocycles. The molecular formula is C17H23N3O3. The van der Waals surface area contributed by atoms with Crippen LogP contribution < -0.4 is 0 Å². The van der Waals surface area contributed by atoms with Gasteiger partial charge in [0, 0.05) is 45.2 Å². The third-order valence-corrected chi connectivity index (χ3v) is 4.26. The Morgan fingerprint density at radius 3 is 2.61 bits per heavy atom. The Bertz CT molecular complexity index is 551. The van der Waals surface area contributed by atoms with E-state index in [2.05, 4.69) is 4.98 Å². The molecule has 0 bridgehead atoms. The molecule has 1 aromatic heterocycles. The number of likely N-dealkylation sites (N-methyl/N-ethyl adjacent to an activating group) is 1. The van der Waals surface area contributed by atoms with Crippen LogP contribution in [0.4, 0.5) is 4.79 Å². The number of rotatable bonds is 5. The van der Waals surface area contributed by atoms with E-state index in [9.17, 15) is 9.59 Å². The van der Waals surface area contributed by atoms with Gasteiger partial charge in [-0.1, -0.05) is 0 Å². The second kappa shape index (κ2) is 8.31. The molecule has 1 fully saturated rings. The van der Waals surface area contributed by atoms with Gasteiger partial charge in [0.2, 0.25) is 5.91 Å². The summed E-state index contributed by atoms with van der Waals surface area (Å²) in [6, 6.07) is 3.69. The number of likely N-dealkylation sites (tertiary alicyclic amines) is 1. The number of carboxylic acid groups (broad SMARTS) is 1. The summed E-state index contributed by atoms with van der Waals surface area (Å²) < 4.78 is 0. The van der Waals surface area contributed by atoms with Gasteiger partial charge < -0.3 is 14.9 Å². The minimum atomic E-state index is -0.836. The topological polar surface area (TPSA) is 73.7 Å². The average Bonchev–Trinajstić information content (AvgIpc) is 2.58. The Hall–Kier alpha value is -2.37. The summed E-state index contributed by atoms with van der Waals surface area (Å²) in [6.45, 7) is 1.89. The van der Waals surface area contributed by atoms with Gasteiger partial charge in [0.1, 0.15) is 0 Å². The molecule has 1 N–H and O–H groups in total. The lowest BCUT2D eigenvalue weighted by atomic mass is 9.93. The normalized spacial score (nSPS) is 15.8. The molecule has 1 aliphatic rings. The van der Waals surface area contributed by atoms with Crippen LogP contribution in [0.3, 0.4) is 0 Å². The third kappa shape index (κ3) is 5.39. The lowest BCUT2D eigenvalue weighted by Gasteiger charge is -2.30. The maximum atomic E-state index is 12.1. The maximum Gasteiger partial charge on any atom is 0.407 e. The van der Waals surface area contributed by atoms with Gasteiger partial charge in [0.25, 0.3) is 0 Å². The van der Waals surface area contributed by atoms with Crippen molar-refractivity contribution in [1.82, 2.24) is 14.8 Å². The van der Waals surface area contributed by atoms with Crippen LogP contribution in [-0.2, 0) is 4.79 Å². The zero-order valence-corrected chi connectivity index (χ0v) is 13.4. The van der Waals surface area contributed by atoms with Gasteiger partial charge in [0.05, 0.1) is 0 Å². The largest absolute Gasteiger partial charge is 0.465 e. The molecule has 0 aliphatic carbocycles. The number of amides is 2. The average molecular weight is 317 g/mol. The second-order valence-electron chi connectivity index (χ2n) is 5.88. The minimum Gasteiger partial charge on any atom is -0.465 e. The SMILES string of the molecule is CN(CCC1CCN(C(=O)O)CC1)C(=O)C=Cc1ccncc1. The van der Waals surface area contributed by atoms with Gasteiger partial charge in [-0.3, -0.25) is 9.78 Å². The third-order valence-electron chi connectivity index (χ3n) is 4.26. The fraction of sp³-hybridized carbons (Fsp3) is 0.471. The molecule has 6 heteroatoms. The van der Waals surface area contributed by atoms with Crippen molar-refractivity contribution < 1.29 is 14.7 Å². The highest BCUT2D eigenvalue weighted by Crippen LogP contribution is 2.20. The van der Waals surface area contributed by atoms with E-state index in [-0.39, 0.29) is 5.91 Å². The first kappa shape index (κ1) is 17.0. The van der Waals surface area contributed by atoms with Crippen LogP contribution in [0.15, 0.2) is 30.6 Å². The standard InChI is InChI=1S/C17H23N3O3/c1-19(16(21)3-2-14-4-9-18-10-5-14)11-6-15-7-12-20(13-8-15)17(22)23/h2-5,9-10,15H,6-8,11-13H2,1H3,(H,22,23). The number of aromatic nitrogens is 1. The predicted molar refractivity (Wildman–Crippen MR) is 87.8 cm³/mol. The predicted octanol–water partition coefficient (Wildman–Crippen LogP) is 2.33. The first-order valence-corrected chi connectivity index (χ1v) is 7.87. The zero-order chi connectivity index (χ0) is 16.7. The zero-order valence-electron chi connectivity index (χ0n) is 13.4. The summed E-state index contributed by atoms with van der Waals surface area (Å²) in [4.78, 5) is 30.0. The lowest BCUT2D eigenvalue weighted by Crippen LogP contribution is -2.38. The summed E-state index contributed by atoms with van der Waals surface area (Å²) in [5.41, 5.74) is 0.947. The van der Waals surface area contributed by atoms with Crippen LogP contribution in [0.5, 0.6) is 0 Å². The number of piperidine rings is 1. The summed E-state index contributed by atoms with van der Waals surface area (Å²) in [5.74, 6) is 0.467. The van der Waals surface area contributed by atoms with E-state index in [0.29, 0.717) is 25.6 Å². The van der Waals surface area contributed by atoms with E-state index >= 15 is 0 Å². The number of hydrogen-bond donors (Lipinski definition) is 1. The molecule has 0 unspecified atom stereocenters. The molecule has 0 radical (unpaired) electrons. The van der Waals surface area contributed by atoms with Gasteiger partial charge in [-0.2, -0.15) is 0 Å². The number of carbonyl (C=O) groups excluding carboxylic acids is 1. The van der Waals surface area contributed by atoms with Gasteiger partial charge in [-0.15, -0.1) is 0 Å². The maximum absolute atomic E-state index is 12.1. The van der Waals surface area contributed by atoms with E-state index < -0.39 is 6.09 Å². The van der Waals surface area contributed by atoms with E-state index in [1.54, 1.807) is 36.5 Å². The van der Waals surface area contributed by atoms with Crippen molar-refractivity contribution in [2.24, 2.45) is 5.92 Å². The van der Waals surface area contributed by atoms with Crippen LogP contribution in [0, 0.1) is 5.92 Å². The summed E-state index contributed by atoms with van der Waals surface area (Å²) in [7, 11) is 1.80. The van der Waals surface area contributed by atoms with Gasteiger partial charge in [-0.05, 0) is 49.0 Å². The number of hydrogen-bond acceptors (Lipinski definition) is 3. The van der Waals surface area contributed by atoms with Gasteiger partial charge in [-0.25, -0.2) is 4.79 Å². The first-order chi connectivity index (χ1) is 11.1. The Balaban J connectivity index is 1.72. The van der Waals surface area contributed by atoms with E-state index in [1.165, 1.54) is 4.90 Å². The molecule has 0 aromatic carbocycles. The molecule has 0 spiro atoms. The lowest BCUT2D eigenvalue weighted by molar-refractivity contribution is -0.124. The summed E-state index contributed by atoms with van der Waals surface area (Å²) in [5, 5.41) is 8.93. The van der Waals surface area contributed by atoms with Gasteiger partial charge >= 0.3 is 6.09 Å². The Kier molecular flexibility index (Phi) is 6.14. The molecule has 0 atom stereocenters. The summed E-state index contributed by atoms with van der Waals surface area (Å²) in [6.07, 6.45) is 8.57. The molecule has 1 saturated heterocycles. The highest BCUT2D eigenvalue weighted by molar-refractivity contribution is 5.91. The highest BCUT2D eigenvalue weighted by atomic mass is 16.4. The molecule has 2 rings (SSSR count). The number of carbonyl (C=O) groups is 2. The minimum absolute atomic E-state index is 0.0233. The van der Waals surface area contributed by atoms with Crippen LogP contribution in [-0.4, -0.2) is 58.6 Å². The van der Waals surface area contributed by atoms with Crippen molar-refractivity contribution in [3.05, 3.63) is 36.2 Å². The van der Waals surface area contributed by atoms with E-state index in [4.69, 9.17) is 5.11 Å². The molecule has 124 valence electrons. The molecule has 1 aromatic rings.